The van der Waals surface area contributed by atoms with Crippen molar-refractivity contribution in [2.75, 3.05) is 31.1 Å². The molecule has 1 aromatic carbocycles. The second kappa shape index (κ2) is 8.08. The van der Waals surface area contributed by atoms with E-state index in [0.29, 0.717) is 26.9 Å². The SMILES string of the molecule is Cc1ncc(Cl)c([C@@H](C)Oc2ccc3[nH]nc(-c4cnc(N5CC6(CNC6)C5)nc4)c3c2)c1Cl. The molecule has 5 heterocycles. The minimum absolute atomic E-state index is 0.359. The number of pyridine rings is 1. The number of anilines is 1. The van der Waals surface area contributed by atoms with Gasteiger partial charge in [-0.25, -0.2) is 9.97 Å². The third kappa shape index (κ3) is 3.57. The summed E-state index contributed by atoms with van der Waals surface area (Å²) in [5, 5.41) is 12.9. The maximum atomic E-state index is 6.46. The van der Waals surface area contributed by atoms with Crippen LogP contribution < -0.4 is 15.0 Å². The number of ether oxygens (including phenoxy) is 1. The monoisotopic (exact) mass is 495 g/mol. The van der Waals surface area contributed by atoms with E-state index in [1.54, 1.807) is 6.20 Å². The number of H-pyrrole nitrogens is 1. The van der Waals surface area contributed by atoms with E-state index < -0.39 is 0 Å². The van der Waals surface area contributed by atoms with E-state index in [1.165, 1.54) is 0 Å². The van der Waals surface area contributed by atoms with E-state index in [0.717, 1.165) is 59.9 Å². The third-order valence-corrected chi connectivity index (χ3v) is 7.46. The number of aryl methyl sites for hydroxylation is 1. The molecule has 0 bridgehead atoms. The molecule has 2 aliphatic rings. The molecule has 0 amide bonds. The highest BCUT2D eigenvalue weighted by atomic mass is 35.5. The molecular weight excluding hydrogens is 473 g/mol. The first-order chi connectivity index (χ1) is 16.4. The van der Waals surface area contributed by atoms with Crippen molar-refractivity contribution in [3.05, 3.63) is 58.1 Å². The molecule has 10 heteroatoms. The zero-order valence-electron chi connectivity index (χ0n) is 18.8. The molecule has 0 saturated carbocycles. The van der Waals surface area contributed by atoms with Gasteiger partial charge < -0.3 is 15.0 Å². The van der Waals surface area contributed by atoms with Crippen LogP contribution in [0.5, 0.6) is 5.75 Å². The second-order valence-electron chi connectivity index (χ2n) is 9.19. The zero-order chi connectivity index (χ0) is 23.4. The van der Waals surface area contributed by atoms with Gasteiger partial charge in [0, 0.05) is 66.7 Å². The van der Waals surface area contributed by atoms with E-state index >= 15 is 0 Å². The van der Waals surface area contributed by atoms with Crippen molar-refractivity contribution in [3.63, 3.8) is 0 Å². The first-order valence-electron chi connectivity index (χ1n) is 11.2. The first kappa shape index (κ1) is 21.6. The lowest BCUT2D eigenvalue weighted by atomic mass is 9.75. The van der Waals surface area contributed by atoms with Crippen LogP contribution in [0.25, 0.3) is 22.2 Å². The Bertz CT molecular complexity index is 1380. The Balaban J connectivity index is 1.24. The summed E-state index contributed by atoms with van der Waals surface area (Å²) in [5.41, 5.74) is 4.38. The molecule has 2 aliphatic heterocycles. The molecule has 1 atom stereocenters. The highest BCUT2D eigenvalue weighted by Gasteiger charge is 2.48. The minimum Gasteiger partial charge on any atom is -0.486 e. The number of nitrogens with one attached hydrogen (secondary N) is 2. The van der Waals surface area contributed by atoms with Crippen LogP contribution in [-0.2, 0) is 0 Å². The number of hydrogen-bond acceptors (Lipinski definition) is 7. The molecule has 2 N–H and O–H groups in total. The average Bonchev–Trinajstić information content (AvgIpc) is 3.18. The molecule has 2 saturated heterocycles. The molecule has 3 aromatic heterocycles. The maximum Gasteiger partial charge on any atom is 0.225 e. The number of fused-ring (bicyclic) bond motifs is 1. The lowest BCUT2D eigenvalue weighted by Gasteiger charge is -2.55. The molecule has 174 valence electrons. The summed E-state index contributed by atoms with van der Waals surface area (Å²) in [4.78, 5) is 15.6. The largest absolute Gasteiger partial charge is 0.486 e. The van der Waals surface area contributed by atoms with Crippen molar-refractivity contribution in [1.82, 2.24) is 30.5 Å². The molecule has 0 radical (unpaired) electrons. The quantitative estimate of drug-likeness (QED) is 0.418. The summed E-state index contributed by atoms with van der Waals surface area (Å²) in [6.07, 6.45) is 4.90. The fourth-order valence-electron chi connectivity index (χ4n) is 4.72. The second-order valence-corrected chi connectivity index (χ2v) is 9.98. The Kier molecular flexibility index (Phi) is 5.13. The van der Waals surface area contributed by atoms with E-state index in [-0.39, 0.29) is 6.10 Å². The summed E-state index contributed by atoms with van der Waals surface area (Å²) in [6.45, 7) is 7.95. The van der Waals surface area contributed by atoms with Gasteiger partial charge in [0.2, 0.25) is 5.95 Å². The lowest BCUT2D eigenvalue weighted by Crippen LogP contribution is -2.71. The van der Waals surface area contributed by atoms with Crippen LogP contribution >= 0.6 is 23.2 Å². The zero-order valence-corrected chi connectivity index (χ0v) is 20.3. The molecule has 2 fully saturated rings. The van der Waals surface area contributed by atoms with Crippen molar-refractivity contribution in [1.29, 1.82) is 0 Å². The van der Waals surface area contributed by atoms with Crippen LogP contribution in [0.3, 0.4) is 0 Å². The van der Waals surface area contributed by atoms with E-state index in [9.17, 15) is 0 Å². The fraction of sp³-hybridized carbons (Fsp3) is 0.333. The summed E-state index contributed by atoms with van der Waals surface area (Å²) < 4.78 is 6.21. The smallest absolute Gasteiger partial charge is 0.225 e. The molecule has 34 heavy (non-hydrogen) atoms. The predicted molar refractivity (Wildman–Crippen MR) is 133 cm³/mol. The van der Waals surface area contributed by atoms with Gasteiger partial charge in [0.05, 0.1) is 21.3 Å². The Labute approximate surface area is 206 Å². The summed E-state index contributed by atoms with van der Waals surface area (Å²) in [6, 6.07) is 5.79. The lowest BCUT2D eigenvalue weighted by molar-refractivity contribution is 0.119. The van der Waals surface area contributed by atoms with Gasteiger partial charge in [0.15, 0.2) is 0 Å². The van der Waals surface area contributed by atoms with Crippen LogP contribution in [0.1, 0.15) is 24.3 Å². The molecule has 8 nitrogen and oxygen atoms in total. The number of benzene rings is 1. The Morgan fingerprint density at radius 3 is 2.56 bits per heavy atom. The average molecular weight is 496 g/mol. The van der Waals surface area contributed by atoms with Crippen molar-refractivity contribution < 1.29 is 4.74 Å². The number of hydrogen-bond donors (Lipinski definition) is 2. The predicted octanol–water partition coefficient (Wildman–Crippen LogP) is 4.58. The summed E-state index contributed by atoms with van der Waals surface area (Å²) >= 11 is 12.8. The van der Waals surface area contributed by atoms with Crippen LogP contribution in [0.4, 0.5) is 5.95 Å². The van der Waals surface area contributed by atoms with Crippen LogP contribution in [0, 0.1) is 12.3 Å². The summed E-state index contributed by atoms with van der Waals surface area (Å²) in [5.74, 6) is 1.45. The van der Waals surface area contributed by atoms with Crippen molar-refractivity contribution >= 4 is 40.1 Å². The van der Waals surface area contributed by atoms with E-state index in [1.807, 2.05) is 44.4 Å². The summed E-state index contributed by atoms with van der Waals surface area (Å²) in [7, 11) is 0. The number of halogens is 2. The molecule has 0 aliphatic carbocycles. The van der Waals surface area contributed by atoms with Crippen molar-refractivity contribution in [2.45, 2.75) is 20.0 Å². The number of aromatic amines is 1. The van der Waals surface area contributed by atoms with Gasteiger partial charge in [-0.3, -0.25) is 10.1 Å². The van der Waals surface area contributed by atoms with Gasteiger partial charge in [-0.05, 0) is 32.0 Å². The number of rotatable bonds is 5. The highest BCUT2D eigenvalue weighted by molar-refractivity contribution is 6.36. The molecule has 4 aromatic rings. The molecule has 6 rings (SSSR count). The van der Waals surface area contributed by atoms with Crippen LogP contribution in [-0.4, -0.2) is 51.3 Å². The van der Waals surface area contributed by atoms with Gasteiger partial charge in [0.1, 0.15) is 17.5 Å². The standard InChI is InChI=1S/C24H23Cl2N7O/c1-13-21(26)20(18(25)8-28-13)14(2)34-16-3-4-19-17(5-16)22(32-31-19)15-6-29-23(30-7-15)33-11-24(12-33)9-27-10-24/h3-8,14,27H,9-12H2,1-2H3,(H,31,32)/t14-/m1/s1. The van der Waals surface area contributed by atoms with Gasteiger partial charge >= 0.3 is 0 Å². The number of aromatic nitrogens is 5. The third-order valence-electron chi connectivity index (χ3n) is 6.68. The molecule has 1 spiro atoms. The van der Waals surface area contributed by atoms with Crippen molar-refractivity contribution in [2.24, 2.45) is 5.41 Å². The molecular formula is C24H23Cl2N7O. The Morgan fingerprint density at radius 2 is 1.85 bits per heavy atom. The Hall–Kier alpha value is -2.94. The van der Waals surface area contributed by atoms with Crippen LogP contribution in [0.15, 0.2) is 36.8 Å². The van der Waals surface area contributed by atoms with E-state index in [4.69, 9.17) is 27.9 Å². The minimum atomic E-state index is -0.359. The highest BCUT2D eigenvalue weighted by Crippen LogP contribution is 2.37. The van der Waals surface area contributed by atoms with Gasteiger partial charge in [-0.2, -0.15) is 5.10 Å². The van der Waals surface area contributed by atoms with Crippen LogP contribution in [0.2, 0.25) is 10.0 Å². The number of nitrogens with zero attached hydrogens (tertiary/aromatic N) is 5. The van der Waals surface area contributed by atoms with Gasteiger partial charge in [-0.1, -0.05) is 23.2 Å². The fourth-order valence-corrected chi connectivity index (χ4v) is 5.37. The van der Waals surface area contributed by atoms with Crippen molar-refractivity contribution in [3.8, 4) is 17.0 Å². The topological polar surface area (TPSA) is 91.8 Å². The Morgan fingerprint density at radius 1 is 1.09 bits per heavy atom. The first-order valence-corrected chi connectivity index (χ1v) is 11.9. The molecule has 0 unspecified atom stereocenters. The maximum absolute atomic E-state index is 6.46. The van der Waals surface area contributed by atoms with E-state index in [2.05, 4.69) is 35.4 Å². The van der Waals surface area contributed by atoms with Gasteiger partial charge in [0.25, 0.3) is 0 Å². The van der Waals surface area contributed by atoms with Gasteiger partial charge in [-0.15, -0.1) is 0 Å². The normalized spacial score (nSPS) is 17.5.